The maximum absolute atomic E-state index is 12.6. The molecule has 1 atom stereocenters. The molecule has 0 spiro atoms. The Morgan fingerprint density at radius 1 is 1.20 bits per heavy atom. The second-order valence-electron chi connectivity index (χ2n) is 5.99. The van der Waals surface area contributed by atoms with E-state index in [1.54, 1.807) is 19.2 Å². The van der Waals surface area contributed by atoms with E-state index in [4.69, 9.17) is 9.47 Å². The maximum Gasteiger partial charge on any atom is 0.269 e. The number of anilines is 1. The fourth-order valence-corrected chi connectivity index (χ4v) is 4.49. The number of ether oxygens (including phenoxy) is 2. The number of hydrogen-bond acceptors (Lipinski definition) is 5. The van der Waals surface area contributed by atoms with Gasteiger partial charge in [-0.3, -0.25) is 9.59 Å². The van der Waals surface area contributed by atoms with Gasteiger partial charge in [-0.25, -0.2) is 0 Å². The average Bonchev–Trinajstić information content (AvgIpc) is 3.21. The topological polar surface area (TPSA) is 76.7 Å². The number of fused-ring (bicyclic) bond motifs is 2. The van der Waals surface area contributed by atoms with Crippen LogP contribution in [0.1, 0.15) is 27.2 Å². The molecule has 6 nitrogen and oxygen atoms in total. The van der Waals surface area contributed by atoms with Crippen LogP contribution in [0, 0.1) is 0 Å². The summed E-state index contributed by atoms with van der Waals surface area (Å²) in [5.74, 6) is 0.710. The first-order chi connectivity index (χ1) is 12.2. The summed E-state index contributed by atoms with van der Waals surface area (Å²) in [7, 11) is 1.60. The number of aryl methyl sites for hydroxylation is 1. The van der Waals surface area contributed by atoms with E-state index in [0.29, 0.717) is 22.1 Å². The first-order valence-corrected chi connectivity index (χ1v) is 9.05. The molecule has 2 amide bonds. The molecule has 1 aliphatic heterocycles. The van der Waals surface area contributed by atoms with Gasteiger partial charge in [0.05, 0.1) is 5.56 Å². The van der Waals surface area contributed by atoms with Crippen molar-refractivity contribution in [2.45, 2.75) is 25.4 Å². The van der Waals surface area contributed by atoms with Crippen molar-refractivity contribution in [3.05, 3.63) is 40.3 Å². The van der Waals surface area contributed by atoms with Crippen LogP contribution >= 0.6 is 11.3 Å². The molecule has 2 N–H and O–H groups in total. The molecule has 130 valence electrons. The van der Waals surface area contributed by atoms with Gasteiger partial charge in [0.15, 0.2) is 11.5 Å². The summed E-state index contributed by atoms with van der Waals surface area (Å²) in [6.45, 7) is 0.142. The van der Waals surface area contributed by atoms with Gasteiger partial charge < -0.3 is 20.1 Å². The van der Waals surface area contributed by atoms with Crippen molar-refractivity contribution in [2.24, 2.45) is 0 Å². The van der Waals surface area contributed by atoms with E-state index in [0.717, 1.165) is 24.8 Å². The zero-order valence-corrected chi connectivity index (χ0v) is 14.6. The van der Waals surface area contributed by atoms with Crippen molar-refractivity contribution in [1.29, 1.82) is 0 Å². The molecule has 1 aromatic heterocycles. The second-order valence-corrected chi connectivity index (χ2v) is 7.10. The van der Waals surface area contributed by atoms with Gasteiger partial charge in [-0.1, -0.05) is 12.1 Å². The van der Waals surface area contributed by atoms with Crippen molar-refractivity contribution in [2.75, 3.05) is 19.0 Å². The quantitative estimate of drug-likeness (QED) is 0.883. The molecule has 1 aliphatic carbocycles. The van der Waals surface area contributed by atoms with E-state index < -0.39 is 6.10 Å². The first kappa shape index (κ1) is 16.0. The number of carbonyl (C=O) groups is 2. The van der Waals surface area contributed by atoms with Gasteiger partial charge in [0.1, 0.15) is 11.6 Å². The van der Waals surface area contributed by atoms with Crippen LogP contribution < -0.4 is 20.1 Å². The first-order valence-electron chi connectivity index (χ1n) is 8.23. The van der Waals surface area contributed by atoms with Gasteiger partial charge in [-0.2, -0.15) is 0 Å². The van der Waals surface area contributed by atoms with Gasteiger partial charge in [0.2, 0.25) is 6.10 Å². The molecule has 0 saturated heterocycles. The number of rotatable bonds is 3. The number of thiophene rings is 1. The number of benzene rings is 1. The van der Waals surface area contributed by atoms with Gasteiger partial charge in [0.25, 0.3) is 11.8 Å². The lowest BCUT2D eigenvalue weighted by Gasteiger charge is -2.25. The van der Waals surface area contributed by atoms with Crippen LogP contribution in [0.5, 0.6) is 11.5 Å². The summed E-state index contributed by atoms with van der Waals surface area (Å²) >= 11 is 1.48. The lowest BCUT2D eigenvalue weighted by molar-refractivity contribution is -0.125. The molecule has 1 aromatic carbocycles. The highest BCUT2D eigenvalue weighted by Crippen LogP contribution is 2.39. The fraction of sp³-hybridized carbons (Fsp3) is 0.333. The van der Waals surface area contributed by atoms with E-state index in [9.17, 15) is 9.59 Å². The third-order valence-corrected chi connectivity index (χ3v) is 5.62. The van der Waals surface area contributed by atoms with Crippen molar-refractivity contribution < 1.29 is 19.1 Å². The zero-order valence-electron chi connectivity index (χ0n) is 13.8. The molecule has 0 unspecified atom stereocenters. The van der Waals surface area contributed by atoms with Gasteiger partial charge in [0, 0.05) is 11.9 Å². The Labute approximate surface area is 149 Å². The standard InChI is InChI=1S/C18H18N2O4S/c1-19-17(22)15-10-5-4-8-14(10)25-18(15)20-16(21)13-9-23-11-6-2-3-7-12(11)24-13/h2-3,6-7,13H,4-5,8-9H2,1H3,(H,19,22)(H,20,21)/t13-/m1/s1. The Hall–Kier alpha value is -2.54. The van der Waals surface area contributed by atoms with E-state index in [1.165, 1.54) is 16.2 Å². The molecule has 0 bridgehead atoms. The minimum Gasteiger partial charge on any atom is -0.485 e. The van der Waals surface area contributed by atoms with Gasteiger partial charge >= 0.3 is 0 Å². The molecule has 2 aromatic rings. The third kappa shape index (κ3) is 2.84. The lowest BCUT2D eigenvalue weighted by Crippen LogP contribution is -2.40. The fourth-order valence-electron chi connectivity index (χ4n) is 3.20. The van der Waals surface area contributed by atoms with Crippen LogP contribution in [0.3, 0.4) is 0 Å². The Kier molecular flexibility index (Phi) is 4.09. The Morgan fingerprint density at radius 3 is 2.80 bits per heavy atom. The predicted molar refractivity (Wildman–Crippen MR) is 94.7 cm³/mol. The Bertz CT molecular complexity index is 846. The molecule has 4 rings (SSSR count). The molecule has 0 saturated carbocycles. The van der Waals surface area contributed by atoms with Crippen molar-refractivity contribution in [1.82, 2.24) is 5.32 Å². The second kappa shape index (κ2) is 6.40. The molecule has 2 aliphatic rings. The van der Waals surface area contributed by atoms with Crippen LogP contribution in [0.15, 0.2) is 24.3 Å². The molecule has 0 fully saturated rings. The number of nitrogens with one attached hydrogen (secondary N) is 2. The molecule has 2 heterocycles. The molecule has 25 heavy (non-hydrogen) atoms. The predicted octanol–water partition coefficient (Wildman–Crippen LogP) is 2.37. The number of para-hydroxylation sites is 2. The highest BCUT2D eigenvalue weighted by molar-refractivity contribution is 7.17. The summed E-state index contributed by atoms with van der Waals surface area (Å²) in [5, 5.41) is 6.13. The van der Waals surface area contributed by atoms with E-state index in [1.807, 2.05) is 12.1 Å². The van der Waals surface area contributed by atoms with Crippen LogP contribution in [0.25, 0.3) is 0 Å². The van der Waals surface area contributed by atoms with Gasteiger partial charge in [-0.05, 0) is 37.0 Å². The van der Waals surface area contributed by atoms with Crippen LogP contribution in [0.4, 0.5) is 5.00 Å². The van der Waals surface area contributed by atoms with Crippen LogP contribution in [-0.2, 0) is 17.6 Å². The Morgan fingerprint density at radius 2 is 2.00 bits per heavy atom. The van der Waals surface area contributed by atoms with Crippen molar-refractivity contribution in [3.8, 4) is 11.5 Å². The number of amides is 2. The van der Waals surface area contributed by atoms with Crippen molar-refractivity contribution >= 4 is 28.2 Å². The zero-order chi connectivity index (χ0) is 17.4. The minimum atomic E-state index is -0.746. The summed E-state index contributed by atoms with van der Waals surface area (Å²) in [6, 6.07) is 7.25. The Balaban J connectivity index is 1.55. The molecule has 7 heteroatoms. The van der Waals surface area contributed by atoms with Crippen molar-refractivity contribution in [3.63, 3.8) is 0 Å². The van der Waals surface area contributed by atoms with E-state index in [-0.39, 0.29) is 18.4 Å². The highest BCUT2D eigenvalue weighted by Gasteiger charge is 2.31. The monoisotopic (exact) mass is 358 g/mol. The van der Waals surface area contributed by atoms with Crippen LogP contribution in [-0.4, -0.2) is 31.6 Å². The van der Waals surface area contributed by atoms with Gasteiger partial charge in [-0.15, -0.1) is 11.3 Å². The van der Waals surface area contributed by atoms with E-state index in [2.05, 4.69) is 10.6 Å². The SMILES string of the molecule is CNC(=O)c1c(NC(=O)[C@H]2COc3ccccc3O2)sc2c1CCC2. The largest absolute Gasteiger partial charge is 0.485 e. The average molecular weight is 358 g/mol. The summed E-state index contributed by atoms with van der Waals surface area (Å²) in [5.41, 5.74) is 1.65. The van der Waals surface area contributed by atoms with E-state index >= 15 is 0 Å². The summed E-state index contributed by atoms with van der Waals surface area (Å²) < 4.78 is 11.3. The molecular formula is C18H18N2O4S. The summed E-state index contributed by atoms with van der Waals surface area (Å²) in [6.07, 6.45) is 2.14. The molecular weight excluding hydrogens is 340 g/mol. The summed E-state index contributed by atoms with van der Waals surface area (Å²) in [4.78, 5) is 26.1. The molecule has 0 radical (unpaired) electrons. The normalized spacial score (nSPS) is 17.7. The minimum absolute atomic E-state index is 0.142. The third-order valence-electron chi connectivity index (χ3n) is 4.41. The smallest absolute Gasteiger partial charge is 0.269 e. The highest BCUT2D eigenvalue weighted by atomic mass is 32.1. The maximum atomic E-state index is 12.6. The lowest BCUT2D eigenvalue weighted by atomic mass is 10.1. The number of carbonyl (C=O) groups excluding carboxylic acids is 2. The van der Waals surface area contributed by atoms with Crippen LogP contribution in [0.2, 0.25) is 0 Å². The number of hydrogen-bond donors (Lipinski definition) is 2.